The third-order valence-electron chi connectivity index (χ3n) is 9.14. The number of H-pyrrole nitrogens is 1. The largest absolute Gasteiger partial charge is 0.497 e. The van der Waals surface area contributed by atoms with Crippen molar-refractivity contribution in [3.63, 3.8) is 0 Å². The van der Waals surface area contributed by atoms with Crippen LogP contribution in [0.2, 0.25) is 0 Å². The average Bonchev–Trinajstić information content (AvgIpc) is 3.32. The zero-order chi connectivity index (χ0) is 31.4. The standard InChI is InChI=1S/C35H44N4O5/c1-22-17-32(43-6)30(34(40)37-22)19-36-35(41)33-24(3)39(31-10-8-7-9-29(31)33)23(2)26-15-16-38(4)27(18-26)21-44-20-25-11-13-28(42-5)14-12-25/h7-14,17,23,26-27H,15-16,18-21H2,1-6H3,(H,36,41)(H,37,40). The molecule has 9 nitrogen and oxygen atoms in total. The number of hydrogen-bond acceptors (Lipinski definition) is 6. The number of fused-ring (bicyclic) bond motifs is 1. The molecule has 4 aromatic rings. The number of nitrogens with zero attached hydrogens (tertiary/aromatic N) is 2. The molecule has 1 saturated heterocycles. The van der Waals surface area contributed by atoms with E-state index < -0.39 is 0 Å². The predicted molar refractivity (Wildman–Crippen MR) is 173 cm³/mol. The Morgan fingerprint density at radius 3 is 2.57 bits per heavy atom. The molecule has 2 aromatic heterocycles. The maximum atomic E-state index is 13.7. The first-order chi connectivity index (χ1) is 21.2. The van der Waals surface area contributed by atoms with Crippen LogP contribution in [0.15, 0.2) is 59.4 Å². The third kappa shape index (κ3) is 6.54. The zero-order valence-corrected chi connectivity index (χ0v) is 26.6. The van der Waals surface area contributed by atoms with Gasteiger partial charge in [-0.2, -0.15) is 0 Å². The smallest absolute Gasteiger partial charge is 0.256 e. The number of para-hydroxylation sites is 1. The fourth-order valence-electron chi connectivity index (χ4n) is 6.57. The molecule has 0 radical (unpaired) electrons. The molecule has 3 heterocycles. The lowest BCUT2D eigenvalue weighted by Crippen LogP contribution is -2.44. The number of pyridine rings is 1. The minimum atomic E-state index is -0.264. The van der Waals surface area contributed by atoms with Crippen LogP contribution in [0, 0.1) is 19.8 Å². The lowest BCUT2D eigenvalue weighted by molar-refractivity contribution is 0.0234. The minimum Gasteiger partial charge on any atom is -0.497 e. The number of likely N-dealkylation sites (N-methyl/N-ethyl adjacent to an activating group) is 1. The quantitative estimate of drug-likeness (QED) is 0.240. The van der Waals surface area contributed by atoms with E-state index in [0.29, 0.717) is 47.7 Å². The highest BCUT2D eigenvalue weighted by atomic mass is 16.5. The third-order valence-corrected chi connectivity index (χ3v) is 9.14. The Morgan fingerprint density at radius 2 is 1.84 bits per heavy atom. The molecule has 0 aliphatic carbocycles. The molecule has 1 fully saturated rings. The Kier molecular flexibility index (Phi) is 9.76. The number of carbonyl (C=O) groups is 1. The van der Waals surface area contributed by atoms with Gasteiger partial charge in [0.05, 0.1) is 45.1 Å². The van der Waals surface area contributed by atoms with Crippen LogP contribution < -0.4 is 20.3 Å². The number of piperidine rings is 1. The molecule has 5 rings (SSSR count). The second-order valence-corrected chi connectivity index (χ2v) is 11.9. The molecule has 1 amide bonds. The fourth-order valence-corrected chi connectivity index (χ4v) is 6.57. The van der Waals surface area contributed by atoms with Crippen molar-refractivity contribution in [1.82, 2.24) is 19.8 Å². The van der Waals surface area contributed by atoms with Crippen molar-refractivity contribution in [1.29, 1.82) is 0 Å². The molecule has 0 spiro atoms. The number of hydrogen-bond donors (Lipinski definition) is 2. The van der Waals surface area contributed by atoms with E-state index in [1.54, 1.807) is 20.1 Å². The summed E-state index contributed by atoms with van der Waals surface area (Å²) in [5, 5.41) is 3.90. The molecule has 2 aromatic carbocycles. The van der Waals surface area contributed by atoms with Crippen LogP contribution in [-0.4, -0.2) is 60.8 Å². The molecule has 1 aliphatic rings. The molecule has 9 heteroatoms. The monoisotopic (exact) mass is 600 g/mol. The second-order valence-electron chi connectivity index (χ2n) is 11.9. The number of aryl methyl sites for hydroxylation is 1. The van der Waals surface area contributed by atoms with E-state index in [1.165, 1.54) is 7.11 Å². The van der Waals surface area contributed by atoms with Crippen LogP contribution in [0.5, 0.6) is 11.5 Å². The molecule has 234 valence electrons. The maximum absolute atomic E-state index is 13.7. The number of nitrogens with one attached hydrogen (secondary N) is 2. The van der Waals surface area contributed by atoms with E-state index in [9.17, 15) is 9.59 Å². The number of methoxy groups -OCH3 is 2. The number of aromatic nitrogens is 2. The molecular formula is C35H44N4O5. The van der Waals surface area contributed by atoms with Crippen LogP contribution in [0.25, 0.3) is 10.9 Å². The van der Waals surface area contributed by atoms with Gasteiger partial charge in [-0.25, -0.2) is 0 Å². The van der Waals surface area contributed by atoms with E-state index in [1.807, 2.05) is 49.4 Å². The summed E-state index contributed by atoms with van der Waals surface area (Å²) in [5.41, 5.74) is 4.57. The Morgan fingerprint density at radius 1 is 1.09 bits per heavy atom. The fraction of sp³-hybridized carbons (Fsp3) is 0.429. The number of benzene rings is 2. The number of likely N-dealkylation sites (tertiary alicyclic amines) is 1. The first kappa shape index (κ1) is 31.3. The van der Waals surface area contributed by atoms with Crippen LogP contribution in [0.1, 0.15) is 58.7 Å². The molecule has 1 aliphatic heterocycles. The lowest BCUT2D eigenvalue weighted by atomic mass is 9.86. The average molecular weight is 601 g/mol. The molecule has 3 unspecified atom stereocenters. The van der Waals surface area contributed by atoms with Gasteiger partial charge >= 0.3 is 0 Å². The zero-order valence-electron chi connectivity index (χ0n) is 26.6. The van der Waals surface area contributed by atoms with Gasteiger partial charge in [-0.05, 0) is 83.0 Å². The summed E-state index contributed by atoms with van der Waals surface area (Å²) in [5.74, 6) is 1.51. The number of amides is 1. The summed E-state index contributed by atoms with van der Waals surface area (Å²) in [7, 11) is 5.37. The van der Waals surface area contributed by atoms with E-state index >= 15 is 0 Å². The molecule has 2 N–H and O–H groups in total. The molecular weight excluding hydrogens is 556 g/mol. The first-order valence-corrected chi connectivity index (χ1v) is 15.3. The molecule has 0 bridgehead atoms. The number of ether oxygens (including phenoxy) is 3. The van der Waals surface area contributed by atoms with Gasteiger partial charge in [0.15, 0.2) is 0 Å². The summed E-state index contributed by atoms with van der Waals surface area (Å²) >= 11 is 0. The highest BCUT2D eigenvalue weighted by Gasteiger charge is 2.32. The van der Waals surface area contributed by atoms with Crippen LogP contribution in [-0.2, 0) is 17.9 Å². The van der Waals surface area contributed by atoms with Gasteiger partial charge in [-0.3, -0.25) is 9.59 Å². The van der Waals surface area contributed by atoms with Crippen molar-refractivity contribution in [2.24, 2.45) is 5.92 Å². The minimum absolute atomic E-state index is 0.0687. The van der Waals surface area contributed by atoms with Crippen molar-refractivity contribution >= 4 is 16.8 Å². The normalized spacial score (nSPS) is 17.9. The van der Waals surface area contributed by atoms with Gasteiger partial charge < -0.3 is 34.0 Å². The highest BCUT2D eigenvalue weighted by molar-refractivity contribution is 6.08. The van der Waals surface area contributed by atoms with Gasteiger partial charge in [0.25, 0.3) is 11.5 Å². The summed E-state index contributed by atoms with van der Waals surface area (Å²) in [6, 6.07) is 18.3. The van der Waals surface area contributed by atoms with Crippen LogP contribution in [0.4, 0.5) is 0 Å². The van der Waals surface area contributed by atoms with E-state index in [2.05, 4.69) is 39.8 Å². The van der Waals surface area contributed by atoms with Crippen LogP contribution >= 0.6 is 0 Å². The van der Waals surface area contributed by atoms with E-state index in [-0.39, 0.29) is 24.1 Å². The highest BCUT2D eigenvalue weighted by Crippen LogP contribution is 2.37. The molecule has 44 heavy (non-hydrogen) atoms. The summed E-state index contributed by atoms with van der Waals surface area (Å²) in [6.07, 6.45) is 2.07. The van der Waals surface area contributed by atoms with Crippen molar-refractivity contribution in [3.8, 4) is 11.5 Å². The van der Waals surface area contributed by atoms with Crippen molar-refractivity contribution in [2.45, 2.75) is 58.8 Å². The lowest BCUT2D eigenvalue weighted by Gasteiger charge is -2.40. The number of aromatic amines is 1. The SMILES string of the molecule is COc1ccc(COCC2CC(C(C)n3c(C)c(C(=O)NCc4c(OC)cc(C)[nH]c4=O)c4ccccc43)CCN2C)cc1. The number of rotatable bonds is 11. The van der Waals surface area contributed by atoms with Crippen LogP contribution in [0.3, 0.4) is 0 Å². The van der Waals surface area contributed by atoms with Gasteiger partial charge in [0.2, 0.25) is 0 Å². The van der Waals surface area contributed by atoms with E-state index in [0.717, 1.165) is 47.3 Å². The second kappa shape index (κ2) is 13.7. The summed E-state index contributed by atoms with van der Waals surface area (Å²) in [4.78, 5) is 31.5. The Balaban J connectivity index is 1.32. The maximum Gasteiger partial charge on any atom is 0.256 e. The van der Waals surface area contributed by atoms with Gasteiger partial charge in [0, 0.05) is 34.4 Å². The van der Waals surface area contributed by atoms with E-state index in [4.69, 9.17) is 14.2 Å². The Hall–Kier alpha value is -4.08. The summed E-state index contributed by atoms with van der Waals surface area (Å²) in [6.45, 7) is 8.37. The van der Waals surface area contributed by atoms with Gasteiger partial charge in [-0.15, -0.1) is 0 Å². The first-order valence-electron chi connectivity index (χ1n) is 15.3. The van der Waals surface area contributed by atoms with Crippen molar-refractivity contribution in [3.05, 3.63) is 93.0 Å². The number of carbonyl (C=O) groups excluding carboxylic acids is 1. The van der Waals surface area contributed by atoms with Crippen molar-refractivity contribution in [2.75, 3.05) is 34.4 Å². The van der Waals surface area contributed by atoms with Gasteiger partial charge in [-0.1, -0.05) is 30.3 Å². The van der Waals surface area contributed by atoms with Crippen molar-refractivity contribution < 1.29 is 19.0 Å². The summed E-state index contributed by atoms with van der Waals surface area (Å²) < 4.78 is 19.2. The topological polar surface area (TPSA) is 97.8 Å². The predicted octanol–water partition coefficient (Wildman–Crippen LogP) is 5.38. The Bertz CT molecular complexity index is 1660. The Labute approximate surface area is 259 Å². The van der Waals surface area contributed by atoms with Gasteiger partial charge in [0.1, 0.15) is 11.5 Å². The molecule has 3 atom stereocenters. The molecule has 0 saturated carbocycles.